The molecule has 0 aliphatic carbocycles. The Bertz CT molecular complexity index is 419. The number of aromatic nitrogens is 5. The van der Waals surface area contributed by atoms with Crippen LogP contribution in [0.25, 0.3) is 0 Å². The van der Waals surface area contributed by atoms with Gasteiger partial charge in [0.2, 0.25) is 0 Å². The van der Waals surface area contributed by atoms with Crippen LogP contribution in [0.4, 0.5) is 0 Å². The van der Waals surface area contributed by atoms with Crippen LogP contribution in [-0.4, -0.2) is 31.1 Å². The van der Waals surface area contributed by atoms with Gasteiger partial charge in [0, 0.05) is 25.5 Å². The van der Waals surface area contributed by atoms with E-state index in [1.807, 2.05) is 21.6 Å². The maximum atomic E-state index is 4.24. The van der Waals surface area contributed by atoms with E-state index in [4.69, 9.17) is 0 Å². The molecule has 2 heterocycles. The summed E-state index contributed by atoms with van der Waals surface area (Å²) < 4.78 is 3.85. The molecule has 92 valence electrons. The van der Waals surface area contributed by atoms with Gasteiger partial charge in [-0.15, -0.1) is 0 Å². The molecule has 2 aromatic rings. The van der Waals surface area contributed by atoms with Gasteiger partial charge in [-0.25, -0.2) is 9.67 Å². The van der Waals surface area contributed by atoms with E-state index < -0.39 is 0 Å². The Labute approximate surface area is 101 Å². The first-order valence-electron chi connectivity index (χ1n) is 5.95. The number of hydrogen-bond donors (Lipinski definition) is 1. The summed E-state index contributed by atoms with van der Waals surface area (Å²) in [5, 5.41) is 11.7. The molecule has 1 N–H and O–H groups in total. The minimum atomic E-state index is 0.751. The maximum Gasteiger partial charge on any atom is 0.140 e. The largest absolute Gasteiger partial charge is 0.308 e. The van der Waals surface area contributed by atoms with E-state index >= 15 is 0 Å². The van der Waals surface area contributed by atoms with Crippen molar-refractivity contribution in [3.05, 3.63) is 30.6 Å². The van der Waals surface area contributed by atoms with Crippen molar-refractivity contribution in [3.8, 4) is 0 Å². The quantitative estimate of drug-likeness (QED) is 0.715. The fraction of sp³-hybridized carbons (Fsp3) is 0.545. The summed E-state index contributed by atoms with van der Waals surface area (Å²) in [5.74, 6) is 0.993. The molecular formula is C11H18N6. The van der Waals surface area contributed by atoms with Crippen LogP contribution in [0.3, 0.4) is 0 Å². The summed E-state index contributed by atoms with van der Waals surface area (Å²) in [4.78, 5) is 4.24. The van der Waals surface area contributed by atoms with Gasteiger partial charge in [-0.2, -0.15) is 10.2 Å². The van der Waals surface area contributed by atoms with Crippen LogP contribution < -0.4 is 5.32 Å². The number of rotatable bonds is 7. The fourth-order valence-electron chi connectivity index (χ4n) is 1.65. The molecular weight excluding hydrogens is 216 g/mol. The molecule has 0 amide bonds. The van der Waals surface area contributed by atoms with E-state index in [1.54, 1.807) is 12.5 Å². The Hall–Kier alpha value is -1.69. The summed E-state index contributed by atoms with van der Waals surface area (Å²) in [6, 6.07) is 1.93. The molecule has 6 nitrogen and oxygen atoms in total. The predicted octanol–water partition coefficient (Wildman–Crippen LogP) is 0.674. The van der Waals surface area contributed by atoms with Crippen LogP contribution in [-0.2, 0) is 19.6 Å². The van der Waals surface area contributed by atoms with Gasteiger partial charge in [-0.3, -0.25) is 4.68 Å². The lowest BCUT2D eigenvalue weighted by Crippen LogP contribution is -2.22. The van der Waals surface area contributed by atoms with Crippen molar-refractivity contribution in [2.45, 2.75) is 33.0 Å². The van der Waals surface area contributed by atoms with E-state index in [2.05, 4.69) is 27.4 Å². The Morgan fingerprint density at radius 2 is 2.24 bits per heavy atom. The van der Waals surface area contributed by atoms with Gasteiger partial charge >= 0.3 is 0 Å². The second-order valence-electron chi connectivity index (χ2n) is 3.85. The highest BCUT2D eigenvalue weighted by molar-refractivity contribution is 4.83. The fourth-order valence-corrected chi connectivity index (χ4v) is 1.65. The van der Waals surface area contributed by atoms with Gasteiger partial charge in [-0.05, 0) is 12.5 Å². The zero-order chi connectivity index (χ0) is 11.9. The highest BCUT2D eigenvalue weighted by Crippen LogP contribution is 1.95. The van der Waals surface area contributed by atoms with Crippen LogP contribution in [0.15, 0.2) is 24.8 Å². The molecule has 0 bridgehead atoms. The average molecular weight is 234 g/mol. The van der Waals surface area contributed by atoms with Crippen LogP contribution in [0.5, 0.6) is 0 Å². The lowest BCUT2D eigenvalue weighted by Gasteiger charge is -2.06. The molecule has 0 atom stereocenters. The average Bonchev–Trinajstić information content (AvgIpc) is 2.96. The van der Waals surface area contributed by atoms with Gasteiger partial charge in [0.05, 0.1) is 13.1 Å². The topological polar surface area (TPSA) is 60.6 Å². The molecule has 0 fully saturated rings. The third-order valence-corrected chi connectivity index (χ3v) is 2.49. The highest BCUT2D eigenvalue weighted by atomic mass is 15.3. The second-order valence-corrected chi connectivity index (χ2v) is 3.85. The van der Waals surface area contributed by atoms with E-state index in [0.717, 1.165) is 38.4 Å². The van der Waals surface area contributed by atoms with Crippen molar-refractivity contribution >= 4 is 0 Å². The van der Waals surface area contributed by atoms with E-state index in [1.165, 1.54) is 0 Å². The molecule has 0 spiro atoms. The molecule has 0 unspecified atom stereocenters. The van der Waals surface area contributed by atoms with Crippen molar-refractivity contribution in [2.75, 3.05) is 6.54 Å². The van der Waals surface area contributed by atoms with Crippen LogP contribution in [0.1, 0.15) is 19.2 Å². The van der Waals surface area contributed by atoms with Crippen LogP contribution in [0, 0.1) is 0 Å². The SMILES string of the molecule is CCCn1ncnc1CNCCn1cccn1. The molecule has 0 saturated carbocycles. The summed E-state index contributed by atoms with van der Waals surface area (Å²) in [7, 11) is 0. The smallest absolute Gasteiger partial charge is 0.140 e. The summed E-state index contributed by atoms with van der Waals surface area (Å²) in [5.41, 5.74) is 0. The van der Waals surface area contributed by atoms with Gasteiger partial charge < -0.3 is 5.32 Å². The van der Waals surface area contributed by atoms with Crippen molar-refractivity contribution in [2.24, 2.45) is 0 Å². The monoisotopic (exact) mass is 234 g/mol. The first-order valence-corrected chi connectivity index (χ1v) is 5.95. The Morgan fingerprint density at radius 3 is 3.00 bits per heavy atom. The molecule has 2 rings (SSSR count). The summed E-state index contributed by atoms with van der Waals surface area (Å²) in [6.45, 7) is 5.56. The highest BCUT2D eigenvalue weighted by Gasteiger charge is 2.02. The molecule has 0 aromatic carbocycles. The standard InChI is InChI=1S/C11H18N6/c1-2-6-17-11(13-10-15-17)9-12-5-8-16-7-3-4-14-16/h3-4,7,10,12H,2,5-6,8-9H2,1H3. The minimum absolute atomic E-state index is 0.751. The number of hydrogen-bond acceptors (Lipinski definition) is 4. The zero-order valence-corrected chi connectivity index (χ0v) is 10.1. The third-order valence-electron chi connectivity index (χ3n) is 2.49. The first-order chi connectivity index (χ1) is 8.40. The molecule has 0 aliphatic heterocycles. The first kappa shape index (κ1) is 11.8. The van der Waals surface area contributed by atoms with Crippen LogP contribution in [0.2, 0.25) is 0 Å². The zero-order valence-electron chi connectivity index (χ0n) is 10.1. The molecule has 0 radical (unpaired) electrons. The van der Waals surface area contributed by atoms with Crippen LogP contribution >= 0.6 is 0 Å². The Kier molecular flexibility index (Phi) is 4.26. The second kappa shape index (κ2) is 6.15. The lowest BCUT2D eigenvalue weighted by atomic mass is 10.4. The summed E-state index contributed by atoms with van der Waals surface area (Å²) >= 11 is 0. The van der Waals surface area contributed by atoms with Gasteiger partial charge in [0.25, 0.3) is 0 Å². The number of aryl methyl sites for hydroxylation is 1. The Morgan fingerprint density at radius 1 is 1.29 bits per heavy atom. The van der Waals surface area contributed by atoms with Gasteiger partial charge in [0.1, 0.15) is 12.2 Å². The maximum absolute atomic E-state index is 4.24. The van der Waals surface area contributed by atoms with Crippen molar-refractivity contribution < 1.29 is 0 Å². The minimum Gasteiger partial charge on any atom is -0.308 e. The normalized spacial score (nSPS) is 10.9. The van der Waals surface area contributed by atoms with E-state index in [0.29, 0.717) is 0 Å². The van der Waals surface area contributed by atoms with Crippen molar-refractivity contribution in [1.82, 2.24) is 29.9 Å². The van der Waals surface area contributed by atoms with Gasteiger partial charge in [-0.1, -0.05) is 6.92 Å². The van der Waals surface area contributed by atoms with E-state index in [-0.39, 0.29) is 0 Å². The van der Waals surface area contributed by atoms with Crippen molar-refractivity contribution in [3.63, 3.8) is 0 Å². The third kappa shape index (κ3) is 3.39. The Balaban J connectivity index is 1.72. The molecule has 0 saturated heterocycles. The predicted molar refractivity (Wildman–Crippen MR) is 64.2 cm³/mol. The number of nitrogens with zero attached hydrogens (tertiary/aromatic N) is 5. The molecule has 0 aliphatic rings. The van der Waals surface area contributed by atoms with Crippen molar-refractivity contribution in [1.29, 1.82) is 0 Å². The molecule has 6 heteroatoms. The number of nitrogens with one attached hydrogen (secondary N) is 1. The van der Waals surface area contributed by atoms with E-state index in [9.17, 15) is 0 Å². The summed E-state index contributed by atoms with van der Waals surface area (Å²) in [6.07, 6.45) is 6.43. The lowest BCUT2D eigenvalue weighted by molar-refractivity contribution is 0.515. The molecule has 17 heavy (non-hydrogen) atoms. The van der Waals surface area contributed by atoms with Gasteiger partial charge in [0.15, 0.2) is 0 Å². The molecule has 2 aromatic heterocycles.